The summed E-state index contributed by atoms with van der Waals surface area (Å²) in [6.45, 7) is 0.558. The summed E-state index contributed by atoms with van der Waals surface area (Å²) in [4.78, 5) is 3.35. The van der Waals surface area contributed by atoms with E-state index in [-0.39, 0.29) is 36.5 Å². The Hall–Kier alpha value is 2.90. The third-order valence-corrected chi connectivity index (χ3v) is 68.5. The first-order chi connectivity index (χ1) is 28.7. The number of hydrogen-bond donors (Lipinski definition) is 2. The molecule has 59 heteroatoms. The van der Waals surface area contributed by atoms with E-state index in [9.17, 15) is 94.5 Å². The van der Waals surface area contributed by atoms with E-state index in [0.717, 1.165) is 0 Å². The first-order valence-corrected chi connectivity index (χ1v) is 55.8. The molecule has 0 unspecified atom stereocenters. The fourth-order valence-electron chi connectivity index (χ4n) is 2.90. The molecular formula is C8H17CuMo12N2O42PS+. The predicted octanol–water partition coefficient (Wildman–Crippen LogP) is -3.82. The molecule has 2 N–H and O–H groups in total. The minimum Gasteiger partial charge on any atom is 1.00 e. The Morgan fingerprint density at radius 1 is 0.463 bits per heavy atom. The molecule has 0 aliphatic carbocycles. The molecule has 1 aliphatic rings. The van der Waals surface area contributed by atoms with Crippen molar-refractivity contribution in [2.45, 2.75) is 12.8 Å². The van der Waals surface area contributed by atoms with Gasteiger partial charge in [0.2, 0.25) is 0 Å². The van der Waals surface area contributed by atoms with Crippen molar-refractivity contribution >= 4 is 17.9 Å². The third-order valence-electron chi connectivity index (χ3n) is 4.27. The van der Waals surface area contributed by atoms with Crippen molar-refractivity contribution < 1.29 is 351 Å². The minimum atomic E-state index is -8.96. The molecule has 1 rings (SSSR count). The molecule has 0 fully saturated rings. The van der Waals surface area contributed by atoms with Gasteiger partial charge in [-0.1, -0.05) is 0 Å². The van der Waals surface area contributed by atoms with Crippen molar-refractivity contribution in [3.63, 3.8) is 0 Å². The van der Waals surface area contributed by atoms with Crippen LogP contribution in [-0.4, -0.2) is 51.8 Å². The third kappa shape index (κ3) is 32.2. The van der Waals surface area contributed by atoms with E-state index >= 15 is 0 Å². The van der Waals surface area contributed by atoms with E-state index in [0.29, 0.717) is 6.67 Å². The standard InChI is InChI=1S/C8H16N2O3S.Cu.12Mo.H3O4P.2H2O.33O/c1-9-5-6-10(8-9)4-2-3-7-14(11,12)13;;;;;;;;;;;;;;1-5(2,3)4;;;;;;;;;;;;;;;;;;;;;;;;;;;;;;;;;;;/h5-6H,2-4,7-8H2,1H3,(H,11,12,13);;;;;;;;;;;;;;(H3,1,2,3,4);2*1H2;;;;;;;;;;;;;;;;;;;;;;;;;;;;;;;;;/q;+1;;;;;;;6*+1;;;;;;;;;;;;;;;;;;;;;;;;;;;;;;;;;;;;/p-6. The second kappa shape index (κ2) is 24.9. The van der Waals surface area contributed by atoms with Crippen molar-refractivity contribution in [2.75, 3.05) is 26.0 Å². The molecule has 0 radical (unpaired) electrons. The molecule has 1 heterocycles. The Morgan fingerprint density at radius 3 is 1.03 bits per heavy atom. The molecule has 0 aromatic carbocycles. The van der Waals surface area contributed by atoms with E-state index in [4.69, 9.17) is 7.52 Å². The van der Waals surface area contributed by atoms with Gasteiger partial charge in [-0.25, -0.2) is 0 Å². The molecule has 0 aromatic heterocycles. The number of hydrogen-bond acceptors (Lipinski definition) is 42. The van der Waals surface area contributed by atoms with Crippen molar-refractivity contribution in [3.05, 3.63) is 12.4 Å². The molecule has 0 amide bonds. The summed E-state index contributed by atoms with van der Waals surface area (Å²) in [6.07, 6.45) is 2.87. The average Bonchev–Trinajstić information content (AvgIpc) is 3.29. The van der Waals surface area contributed by atoms with Crippen LogP contribution in [0.15, 0.2) is 12.4 Å². The summed E-state index contributed by atoms with van der Waals surface area (Å²) in [5.41, 5.74) is 0. The maximum atomic E-state index is 13.0. The summed E-state index contributed by atoms with van der Waals surface area (Å²) in [5, 5.41) is 0. The average molecular weight is 2090 g/mol. The number of nitrogens with zero attached hydrogens (tertiary/aromatic N) is 2. The zero-order chi connectivity index (χ0) is 52.3. The number of unbranched alkanes of at least 4 members (excludes halogenated alkanes) is 1. The van der Waals surface area contributed by atoms with Crippen LogP contribution in [0, 0.1) is 0 Å². The Labute approximate surface area is 422 Å². The van der Waals surface area contributed by atoms with Gasteiger partial charge in [0.15, 0.2) is 0 Å². The molecular weight excluding hydrogens is 2070 g/mol. The Morgan fingerprint density at radius 2 is 0.746 bits per heavy atom. The molecule has 0 bridgehead atoms. The fourth-order valence-corrected chi connectivity index (χ4v) is 66.2. The van der Waals surface area contributed by atoms with Crippen LogP contribution >= 0.6 is 7.82 Å². The maximum Gasteiger partial charge on any atom is 1.00 e. The fraction of sp³-hybridized carbons (Fsp3) is 0.750. The van der Waals surface area contributed by atoms with Crippen LogP contribution in [0.4, 0.5) is 0 Å². The molecule has 0 saturated carbocycles. The van der Waals surface area contributed by atoms with Gasteiger partial charge in [-0.3, -0.25) is 0 Å². The van der Waals surface area contributed by atoms with Crippen LogP contribution < -0.4 is 0 Å². The first-order valence-electron chi connectivity index (χ1n) is 13.3. The van der Waals surface area contributed by atoms with Crippen LogP contribution in [-0.2, 0) is 345 Å². The van der Waals surface area contributed by atoms with Crippen LogP contribution in [0.2, 0.25) is 0 Å². The SMILES string of the molecule is CN1C=CN(CCCCS(=O)(=O)[O][Mo](=[O])(=[O])[O][Mo](=[O])(=[O])[O][Mo](=[O])(=[O])[O][Mo](=[O])(=[O])[O]P(=O)([O][Mo](=[O])(=[O])[O][Mo](=[O])(=[O])[O][Mo](=[O])(=[O])[O][Mo](=[O])(=[O])[OH])[O][Mo](=[O])(=[O])[O][Mo](=[O])(=[O])[O][Mo](=[O])(=[O])[O][Mo](=[O])(=[O])[OH])C1.[Cu+]. The summed E-state index contributed by atoms with van der Waals surface area (Å²) < 4.78 is 377. The van der Waals surface area contributed by atoms with E-state index < -0.39 is 225 Å². The molecule has 0 atom stereocenters. The van der Waals surface area contributed by atoms with Gasteiger partial charge in [0.1, 0.15) is 0 Å². The molecule has 0 spiro atoms. The topological polar surface area (TPSA) is 628 Å². The van der Waals surface area contributed by atoms with Crippen molar-refractivity contribution in [3.8, 4) is 0 Å². The summed E-state index contributed by atoms with van der Waals surface area (Å²) >= 11 is -99.2. The van der Waals surface area contributed by atoms with E-state index in [2.05, 4.69) is 30.8 Å². The van der Waals surface area contributed by atoms with Crippen molar-refractivity contribution in [1.29, 1.82) is 0 Å². The quantitative estimate of drug-likeness (QED) is 0.0381. The van der Waals surface area contributed by atoms with Crippen molar-refractivity contribution in [2.24, 2.45) is 0 Å². The normalized spacial score (nSPS) is 15.9. The van der Waals surface area contributed by atoms with E-state index in [1.807, 2.05) is 0 Å². The zero-order valence-electron chi connectivity index (χ0n) is 29.9. The Bertz CT molecular complexity index is 3310. The number of phosphoric acid groups is 1. The van der Waals surface area contributed by atoms with Gasteiger partial charge in [0, 0.05) is 0 Å². The molecule has 67 heavy (non-hydrogen) atoms. The minimum absolute atomic E-state index is 0. The van der Waals surface area contributed by atoms with Crippen LogP contribution in [0.1, 0.15) is 12.8 Å². The largest absolute Gasteiger partial charge is 1.00 e. The van der Waals surface area contributed by atoms with Gasteiger partial charge in [-0.15, -0.1) is 0 Å². The smallest absolute Gasteiger partial charge is 1.00 e. The monoisotopic (exact) mass is 2110 g/mol. The van der Waals surface area contributed by atoms with Gasteiger partial charge in [0.25, 0.3) is 0 Å². The van der Waals surface area contributed by atoms with E-state index in [1.54, 1.807) is 29.2 Å². The summed E-state index contributed by atoms with van der Waals surface area (Å²) in [6, 6.07) is 0. The second-order valence-corrected chi connectivity index (χ2v) is 62.2. The van der Waals surface area contributed by atoms with Gasteiger partial charge < -0.3 is 0 Å². The summed E-state index contributed by atoms with van der Waals surface area (Å²) in [7, 11) is -11.6. The van der Waals surface area contributed by atoms with Gasteiger partial charge in [-0.05, 0) is 0 Å². The van der Waals surface area contributed by atoms with Crippen LogP contribution in [0.3, 0.4) is 0 Å². The van der Waals surface area contributed by atoms with E-state index in [1.165, 1.54) is 0 Å². The van der Waals surface area contributed by atoms with Crippen molar-refractivity contribution in [1.82, 2.24) is 9.80 Å². The second-order valence-electron chi connectivity index (χ2n) is 9.77. The molecule has 0 aromatic rings. The Balaban J connectivity index is 0.0000436. The number of rotatable bonds is 31. The molecule has 1 aliphatic heterocycles. The van der Waals surface area contributed by atoms with Gasteiger partial charge in [-0.2, -0.15) is 0 Å². The van der Waals surface area contributed by atoms with Crippen LogP contribution in [0.25, 0.3) is 0 Å². The van der Waals surface area contributed by atoms with Gasteiger partial charge in [0.05, 0.1) is 0 Å². The maximum absolute atomic E-state index is 13.0. The molecule has 0 saturated heterocycles. The zero-order valence-corrected chi connectivity index (χ0v) is 56.6. The molecule has 404 valence electrons. The Kier molecular flexibility index (Phi) is 26.0. The van der Waals surface area contributed by atoms with Crippen LogP contribution in [0.5, 0.6) is 0 Å². The summed E-state index contributed by atoms with van der Waals surface area (Å²) in [5.74, 6) is -1.17. The first kappa shape index (κ1) is 69.9. The molecule has 44 nitrogen and oxygen atoms in total. The predicted molar refractivity (Wildman–Crippen MR) is 94.1 cm³/mol. The van der Waals surface area contributed by atoms with Gasteiger partial charge >= 0.3 is 430 Å².